The number of amides is 1. The van der Waals surface area contributed by atoms with E-state index in [1.807, 2.05) is 44.2 Å². The summed E-state index contributed by atoms with van der Waals surface area (Å²) in [5, 5.41) is 0. The maximum absolute atomic E-state index is 11.9. The Kier molecular flexibility index (Phi) is 5.49. The molecule has 1 amide bonds. The minimum absolute atomic E-state index is 0.0331. The molecule has 0 saturated heterocycles. The van der Waals surface area contributed by atoms with Crippen molar-refractivity contribution in [2.45, 2.75) is 19.9 Å². The van der Waals surface area contributed by atoms with Gasteiger partial charge in [0, 0.05) is 19.1 Å². The summed E-state index contributed by atoms with van der Waals surface area (Å²) >= 11 is 0. The average Bonchev–Trinajstić information content (AvgIpc) is 2.34. The molecular weight excluding hydrogens is 216 g/mol. The van der Waals surface area contributed by atoms with Crippen LogP contribution in [0.5, 0.6) is 5.75 Å². The van der Waals surface area contributed by atoms with Gasteiger partial charge in [-0.25, -0.2) is 0 Å². The van der Waals surface area contributed by atoms with Crippen molar-refractivity contribution in [3.63, 3.8) is 0 Å². The lowest BCUT2D eigenvalue weighted by Crippen LogP contribution is -2.42. The number of benzene rings is 1. The van der Waals surface area contributed by atoms with Crippen molar-refractivity contribution in [2.75, 3.05) is 19.7 Å². The largest absolute Gasteiger partial charge is 0.484 e. The number of carbonyl (C=O) groups excluding carboxylic acids is 1. The predicted molar refractivity (Wildman–Crippen MR) is 67.8 cm³/mol. The van der Waals surface area contributed by atoms with Gasteiger partial charge < -0.3 is 15.4 Å². The number of rotatable bonds is 6. The zero-order chi connectivity index (χ0) is 12.7. The lowest BCUT2D eigenvalue weighted by Gasteiger charge is -2.26. The van der Waals surface area contributed by atoms with E-state index in [9.17, 15) is 4.79 Å². The molecule has 0 heterocycles. The van der Waals surface area contributed by atoms with Crippen molar-refractivity contribution >= 4 is 5.91 Å². The molecule has 4 nitrogen and oxygen atoms in total. The first-order chi connectivity index (χ1) is 8.15. The Morgan fingerprint density at radius 3 is 2.53 bits per heavy atom. The Bertz CT molecular complexity index is 339. The topological polar surface area (TPSA) is 55.6 Å². The zero-order valence-corrected chi connectivity index (χ0v) is 10.4. The van der Waals surface area contributed by atoms with E-state index in [1.165, 1.54) is 0 Å². The van der Waals surface area contributed by atoms with Gasteiger partial charge in [-0.1, -0.05) is 18.2 Å². The molecule has 0 aliphatic rings. The summed E-state index contributed by atoms with van der Waals surface area (Å²) in [5.74, 6) is 0.673. The van der Waals surface area contributed by atoms with E-state index < -0.39 is 0 Å². The highest BCUT2D eigenvalue weighted by Crippen LogP contribution is 2.08. The van der Waals surface area contributed by atoms with Gasteiger partial charge in [-0.2, -0.15) is 0 Å². The molecule has 4 heteroatoms. The van der Waals surface area contributed by atoms with Crippen LogP contribution in [0.1, 0.15) is 13.8 Å². The van der Waals surface area contributed by atoms with Crippen molar-refractivity contribution < 1.29 is 9.53 Å². The highest BCUT2D eigenvalue weighted by molar-refractivity contribution is 5.78. The monoisotopic (exact) mass is 236 g/mol. The summed E-state index contributed by atoms with van der Waals surface area (Å²) in [6.45, 7) is 5.03. The Hall–Kier alpha value is -1.55. The smallest absolute Gasteiger partial charge is 0.260 e. The summed E-state index contributed by atoms with van der Waals surface area (Å²) < 4.78 is 5.41. The molecule has 94 valence electrons. The van der Waals surface area contributed by atoms with Crippen molar-refractivity contribution in [3.05, 3.63) is 30.3 Å². The average molecular weight is 236 g/mol. The second-order valence-corrected chi connectivity index (χ2v) is 4.07. The van der Waals surface area contributed by atoms with Crippen molar-refractivity contribution in [2.24, 2.45) is 5.73 Å². The Morgan fingerprint density at radius 2 is 2.00 bits per heavy atom. The maximum atomic E-state index is 11.9. The number of ether oxygens (including phenoxy) is 1. The van der Waals surface area contributed by atoms with Gasteiger partial charge in [-0.15, -0.1) is 0 Å². The molecule has 0 bridgehead atoms. The number of nitrogens with two attached hydrogens (primary N) is 1. The second-order valence-electron chi connectivity index (χ2n) is 4.07. The number of hydrogen-bond acceptors (Lipinski definition) is 3. The molecule has 17 heavy (non-hydrogen) atoms. The molecule has 0 aromatic heterocycles. The number of para-hydroxylation sites is 1. The highest BCUT2D eigenvalue weighted by Gasteiger charge is 2.16. The molecule has 2 N–H and O–H groups in total. The Balaban J connectivity index is 2.47. The summed E-state index contributed by atoms with van der Waals surface area (Å²) in [6.07, 6.45) is 0. The summed E-state index contributed by atoms with van der Waals surface area (Å²) in [7, 11) is 0. The van der Waals surface area contributed by atoms with Crippen LogP contribution in [-0.4, -0.2) is 36.5 Å². The van der Waals surface area contributed by atoms with Crippen LogP contribution in [0.3, 0.4) is 0 Å². The number of nitrogens with zero attached hydrogens (tertiary/aromatic N) is 1. The minimum atomic E-state index is -0.0331. The molecule has 0 radical (unpaired) electrons. The molecule has 0 atom stereocenters. The predicted octanol–water partition coefficient (Wildman–Crippen LogP) is 1.26. The van der Waals surface area contributed by atoms with Crippen LogP contribution in [0.25, 0.3) is 0 Å². The van der Waals surface area contributed by atoms with Gasteiger partial charge >= 0.3 is 0 Å². The molecule has 1 aromatic carbocycles. The van der Waals surface area contributed by atoms with Crippen LogP contribution in [0.2, 0.25) is 0 Å². The molecule has 0 aliphatic heterocycles. The molecular formula is C13H20N2O2. The lowest BCUT2D eigenvalue weighted by molar-refractivity contribution is -0.134. The third-order valence-corrected chi connectivity index (χ3v) is 2.42. The SMILES string of the molecule is CC(C)N(CCN)C(=O)COc1ccccc1. The van der Waals surface area contributed by atoms with E-state index in [0.717, 1.165) is 0 Å². The van der Waals surface area contributed by atoms with Crippen LogP contribution in [0, 0.1) is 0 Å². The van der Waals surface area contributed by atoms with Gasteiger partial charge in [0.05, 0.1) is 0 Å². The van der Waals surface area contributed by atoms with E-state index in [0.29, 0.717) is 18.8 Å². The fraction of sp³-hybridized carbons (Fsp3) is 0.462. The van der Waals surface area contributed by atoms with Gasteiger partial charge in [0.15, 0.2) is 6.61 Å². The number of hydrogen-bond donors (Lipinski definition) is 1. The van der Waals surface area contributed by atoms with Crippen LogP contribution in [0.15, 0.2) is 30.3 Å². The van der Waals surface area contributed by atoms with Crippen molar-refractivity contribution in [1.29, 1.82) is 0 Å². The summed E-state index contributed by atoms with van der Waals surface area (Å²) in [6, 6.07) is 9.46. The van der Waals surface area contributed by atoms with E-state index in [1.54, 1.807) is 4.90 Å². The molecule has 1 aromatic rings. The van der Waals surface area contributed by atoms with E-state index in [2.05, 4.69) is 0 Å². The Labute approximate surface area is 102 Å². The number of carbonyl (C=O) groups is 1. The quantitative estimate of drug-likeness (QED) is 0.809. The van der Waals surface area contributed by atoms with Gasteiger partial charge in [-0.3, -0.25) is 4.79 Å². The van der Waals surface area contributed by atoms with Gasteiger partial charge in [-0.05, 0) is 26.0 Å². The zero-order valence-electron chi connectivity index (χ0n) is 10.4. The fourth-order valence-corrected chi connectivity index (χ4v) is 1.55. The molecule has 1 rings (SSSR count). The van der Waals surface area contributed by atoms with E-state index in [4.69, 9.17) is 10.5 Å². The first-order valence-electron chi connectivity index (χ1n) is 5.82. The summed E-state index contributed by atoms with van der Waals surface area (Å²) in [4.78, 5) is 13.6. The molecule has 0 aliphatic carbocycles. The molecule has 0 spiro atoms. The lowest BCUT2D eigenvalue weighted by atomic mass is 10.3. The second kappa shape index (κ2) is 6.91. The van der Waals surface area contributed by atoms with E-state index >= 15 is 0 Å². The highest BCUT2D eigenvalue weighted by atomic mass is 16.5. The minimum Gasteiger partial charge on any atom is -0.484 e. The van der Waals surface area contributed by atoms with Crippen molar-refractivity contribution in [3.8, 4) is 5.75 Å². The van der Waals surface area contributed by atoms with Crippen LogP contribution >= 0.6 is 0 Å². The standard InChI is InChI=1S/C13H20N2O2/c1-11(2)15(9-8-14)13(16)10-17-12-6-4-3-5-7-12/h3-7,11H,8-10,14H2,1-2H3. The molecule has 0 saturated carbocycles. The fourth-order valence-electron chi connectivity index (χ4n) is 1.55. The van der Waals surface area contributed by atoms with E-state index in [-0.39, 0.29) is 18.6 Å². The van der Waals surface area contributed by atoms with Gasteiger partial charge in [0.2, 0.25) is 0 Å². The Morgan fingerprint density at radius 1 is 1.35 bits per heavy atom. The molecule has 0 fully saturated rings. The third kappa shape index (κ3) is 4.44. The van der Waals surface area contributed by atoms with Gasteiger partial charge in [0.1, 0.15) is 5.75 Å². The van der Waals surface area contributed by atoms with Crippen LogP contribution in [-0.2, 0) is 4.79 Å². The normalized spacial score (nSPS) is 10.4. The molecule has 0 unspecified atom stereocenters. The first kappa shape index (κ1) is 13.5. The van der Waals surface area contributed by atoms with Crippen LogP contribution < -0.4 is 10.5 Å². The summed E-state index contributed by atoms with van der Waals surface area (Å²) in [5.41, 5.74) is 5.48. The first-order valence-corrected chi connectivity index (χ1v) is 5.82. The van der Waals surface area contributed by atoms with Gasteiger partial charge in [0.25, 0.3) is 5.91 Å². The van der Waals surface area contributed by atoms with Crippen LogP contribution in [0.4, 0.5) is 0 Å². The maximum Gasteiger partial charge on any atom is 0.260 e. The van der Waals surface area contributed by atoms with Crippen molar-refractivity contribution in [1.82, 2.24) is 4.90 Å². The third-order valence-electron chi connectivity index (χ3n) is 2.42.